The second-order valence-corrected chi connectivity index (χ2v) is 4.81. The van der Waals surface area contributed by atoms with E-state index in [2.05, 4.69) is 19.9 Å². The predicted molar refractivity (Wildman–Crippen MR) is 76.5 cm³/mol. The Balaban J connectivity index is 2.84. The molecule has 0 radical (unpaired) electrons. The van der Waals surface area contributed by atoms with Crippen molar-refractivity contribution in [2.24, 2.45) is 5.73 Å². The van der Waals surface area contributed by atoms with Crippen LogP contribution >= 0.6 is 0 Å². The number of hydrogen-bond donors (Lipinski definition) is 2. The fraction of sp³-hybridized carbons (Fsp3) is 0.600. The van der Waals surface area contributed by atoms with Crippen LogP contribution in [-0.2, 0) is 4.74 Å². The van der Waals surface area contributed by atoms with E-state index in [4.69, 9.17) is 15.2 Å². The second-order valence-electron chi connectivity index (χ2n) is 4.81. The number of aliphatic hydroxyl groups excluding tert-OH is 1. The maximum Gasteiger partial charge on any atom is 0.139 e. The third-order valence-corrected chi connectivity index (χ3v) is 3.36. The molecule has 0 spiro atoms. The topological polar surface area (TPSA) is 64.7 Å². The van der Waals surface area contributed by atoms with E-state index in [0.717, 1.165) is 17.7 Å². The molecule has 1 aromatic carbocycles. The van der Waals surface area contributed by atoms with Gasteiger partial charge in [0.1, 0.15) is 11.9 Å². The Hall–Kier alpha value is -1.10. The molecule has 4 nitrogen and oxygen atoms in total. The van der Waals surface area contributed by atoms with Gasteiger partial charge in [-0.3, -0.25) is 0 Å². The molecule has 0 saturated carbocycles. The maximum absolute atomic E-state index is 9.41. The summed E-state index contributed by atoms with van der Waals surface area (Å²) in [6.07, 6.45) is 0.582. The molecule has 1 rings (SSSR count). The molecule has 0 heterocycles. The van der Waals surface area contributed by atoms with Gasteiger partial charge in [0.2, 0.25) is 0 Å². The Morgan fingerprint density at radius 3 is 2.58 bits per heavy atom. The molecule has 3 atom stereocenters. The highest BCUT2D eigenvalue weighted by molar-refractivity contribution is 5.36. The minimum absolute atomic E-state index is 0.126. The summed E-state index contributed by atoms with van der Waals surface area (Å²) in [5.74, 6) is 1.21. The van der Waals surface area contributed by atoms with E-state index >= 15 is 0 Å². The van der Waals surface area contributed by atoms with Crippen LogP contribution in [0.2, 0.25) is 0 Å². The fourth-order valence-electron chi connectivity index (χ4n) is 1.94. The van der Waals surface area contributed by atoms with Crippen LogP contribution in [0.25, 0.3) is 0 Å². The van der Waals surface area contributed by atoms with E-state index in [9.17, 15) is 5.11 Å². The lowest BCUT2D eigenvalue weighted by Crippen LogP contribution is -2.44. The van der Waals surface area contributed by atoms with Crippen LogP contribution in [0.15, 0.2) is 24.3 Å². The van der Waals surface area contributed by atoms with Crippen molar-refractivity contribution in [1.82, 2.24) is 0 Å². The number of methoxy groups -OCH3 is 1. The first kappa shape index (κ1) is 16.0. The average molecular weight is 267 g/mol. The molecule has 0 amide bonds. The van der Waals surface area contributed by atoms with E-state index < -0.39 is 6.10 Å². The second kappa shape index (κ2) is 8.15. The van der Waals surface area contributed by atoms with Crippen LogP contribution in [0.4, 0.5) is 0 Å². The molecule has 1 aromatic rings. The van der Waals surface area contributed by atoms with Crippen LogP contribution in [0.5, 0.6) is 5.75 Å². The van der Waals surface area contributed by atoms with Gasteiger partial charge in [0, 0.05) is 7.11 Å². The SMILES string of the molecule is CCC(C)c1ccccc1OC(CO)C(N)COC. The molecule has 0 bridgehead atoms. The summed E-state index contributed by atoms with van der Waals surface area (Å²) < 4.78 is 10.9. The third-order valence-electron chi connectivity index (χ3n) is 3.36. The number of hydrogen-bond acceptors (Lipinski definition) is 4. The van der Waals surface area contributed by atoms with Crippen LogP contribution in [0.3, 0.4) is 0 Å². The number of benzene rings is 1. The van der Waals surface area contributed by atoms with E-state index in [-0.39, 0.29) is 12.6 Å². The molecule has 0 aliphatic rings. The Bertz CT molecular complexity index is 370. The monoisotopic (exact) mass is 267 g/mol. The molecule has 0 saturated heterocycles. The number of nitrogens with two attached hydrogens (primary N) is 1. The average Bonchev–Trinajstić information content (AvgIpc) is 2.44. The minimum Gasteiger partial charge on any atom is -0.486 e. The van der Waals surface area contributed by atoms with Crippen molar-refractivity contribution < 1.29 is 14.6 Å². The third kappa shape index (κ3) is 4.49. The lowest BCUT2D eigenvalue weighted by molar-refractivity contribution is 0.0597. The molecule has 108 valence electrons. The number of ether oxygens (including phenoxy) is 2. The molecule has 19 heavy (non-hydrogen) atoms. The van der Waals surface area contributed by atoms with Crippen molar-refractivity contribution in [3.8, 4) is 5.75 Å². The van der Waals surface area contributed by atoms with Crippen molar-refractivity contribution in [3.63, 3.8) is 0 Å². The summed E-state index contributed by atoms with van der Waals surface area (Å²) in [7, 11) is 1.58. The van der Waals surface area contributed by atoms with Gasteiger partial charge in [-0.2, -0.15) is 0 Å². The van der Waals surface area contributed by atoms with Crippen LogP contribution in [-0.4, -0.2) is 37.6 Å². The van der Waals surface area contributed by atoms with E-state index in [1.54, 1.807) is 7.11 Å². The zero-order chi connectivity index (χ0) is 14.3. The van der Waals surface area contributed by atoms with Gasteiger partial charge in [-0.05, 0) is 24.0 Å². The van der Waals surface area contributed by atoms with Crippen LogP contribution < -0.4 is 10.5 Å². The van der Waals surface area contributed by atoms with Gasteiger partial charge >= 0.3 is 0 Å². The Morgan fingerprint density at radius 1 is 1.32 bits per heavy atom. The fourth-order valence-corrected chi connectivity index (χ4v) is 1.94. The molecule has 3 unspecified atom stereocenters. The maximum atomic E-state index is 9.41. The van der Waals surface area contributed by atoms with Gasteiger partial charge in [-0.25, -0.2) is 0 Å². The summed E-state index contributed by atoms with van der Waals surface area (Å²) in [5, 5.41) is 9.41. The Labute approximate surface area is 115 Å². The first-order valence-electron chi connectivity index (χ1n) is 6.74. The first-order valence-corrected chi connectivity index (χ1v) is 6.74. The van der Waals surface area contributed by atoms with Crippen LogP contribution in [0.1, 0.15) is 31.7 Å². The molecule has 3 N–H and O–H groups in total. The van der Waals surface area contributed by atoms with Crippen molar-refractivity contribution in [3.05, 3.63) is 29.8 Å². The minimum atomic E-state index is -0.454. The summed E-state index contributed by atoms with van der Waals surface area (Å²) in [6, 6.07) is 7.55. The Kier molecular flexibility index (Phi) is 6.84. The predicted octanol–water partition coefficient (Wildman–Crippen LogP) is 1.91. The molecule has 4 heteroatoms. The number of aliphatic hydroxyl groups is 1. The Morgan fingerprint density at radius 2 is 2.00 bits per heavy atom. The summed E-state index contributed by atoms with van der Waals surface area (Å²) in [4.78, 5) is 0. The zero-order valence-electron chi connectivity index (χ0n) is 12.0. The summed E-state index contributed by atoms with van der Waals surface area (Å²) >= 11 is 0. The largest absolute Gasteiger partial charge is 0.486 e. The van der Waals surface area contributed by atoms with Gasteiger partial charge < -0.3 is 20.3 Å². The highest BCUT2D eigenvalue weighted by Gasteiger charge is 2.20. The van der Waals surface area contributed by atoms with Crippen molar-refractivity contribution in [2.45, 2.75) is 38.3 Å². The first-order chi connectivity index (χ1) is 9.13. The highest BCUT2D eigenvalue weighted by Crippen LogP contribution is 2.29. The molecular weight excluding hydrogens is 242 g/mol. The standard InChI is InChI=1S/C15H25NO3/c1-4-11(2)12-7-5-6-8-14(12)19-15(9-17)13(16)10-18-3/h5-8,11,13,15,17H,4,9-10,16H2,1-3H3. The van der Waals surface area contributed by atoms with Gasteiger partial charge in [0.25, 0.3) is 0 Å². The number of para-hydroxylation sites is 1. The lowest BCUT2D eigenvalue weighted by Gasteiger charge is -2.25. The molecule has 0 aromatic heterocycles. The number of rotatable bonds is 8. The molecule has 0 fully saturated rings. The van der Waals surface area contributed by atoms with Gasteiger partial charge in [-0.15, -0.1) is 0 Å². The molecule has 0 aliphatic carbocycles. The normalized spacial score (nSPS) is 15.8. The van der Waals surface area contributed by atoms with Crippen molar-refractivity contribution in [1.29, 1.82) is 0 Å². The van der Waals surface area contributed by atoms with E-state index in [1.165, 1.54) is 0 Å². The van der Waals surface area contributed by atoms with Crippen LogP contribution in [0, 0.1) is 0 Å². The van der Waals surface area contributed by atoms with Gasteiger partial charge in [0.05, 0.1) is 19.3 Å². The van der Waals surface area contributed by atoms with E-state index in [0.29, 0.717) is 12.5 Å². The summed E-state index contributed by atoms with van der Waals surface area (Å²) in [5.41, 5.74) is 7.08. The van der Waals surface area contributed by atoms with Crippen molar-refractivity contribution in [2.75, 3.05) is 20.3 Å². The quantitative estimate of drug-likeness (QED) is 0.755. The smallest absolute Gasteiger partial charge is 0.139 e. The highest BCUT2D eigenvalue weighted by atomic mass is 16.5. The molecule has 0 aliphatic heterocycles. The van der Waals surface area contributed by atoms with Gasteiger partial charge in [0.15, 0.2) is 0 Å². The van der Waals surface area contributed by atoms with Crippen molar-refractivity contribution >= 4 is 0 Å². The zero-order valence-corrected chi connectivity index (χ0v) is 12.0. The lowest BCUT2D eigenvalue weighted by atomic mass is 9.97. The summed E-state index contributed by atoms with van der Waals surface area (Å²) in [6.45, 7) is 4.53. The van der Waals surface area contributed by atoms with Gasteiger partial charge in [-0.1, -0.05) is 32.0 Å². The molecular formula is C15H25NO3. The van der Waals surface area contributed by atoms with E-state index in [1.807, 2.05) is 18.2 Å².